The fourth-order valence-corrected chi connectivity index (χ4v) is 2.63. The lowest BCUT2D eigenvalue weighted by atomic mass is 10.1. The first-order chi connectivity index (χ1) is 9.15. The number of aromatic nitrogens is 5. The monoisotopic (exact) mass is 260 g/mol. The van der Waals surface area contributed by atoms with Gasteiger partial charge < -0.3 is 4.57 Å². The molecule has 3 rings (SSSR count). The zero-order valence-corrected chi connectivity index (χ0v) is 11.7. The predicted octanol–water partition coefficient (Wildman–Crippen LogP) is 1.45. The van der Waals surface area contributed by atoms with Crippen LogP contribution < -0.4 is 0 Å². The first-order valence-corrected chi connectivity index (χ1v) is 6.78. The lowest BCUT2D eigenvalue weighted by molar-refractivity contribution is 0.233. The second-order valence-electron chi connectivity index (χ2n) is 5.48. The summed E-state index contributed by atoms with van der Waals surface area (Å²) in [6.45, 7) is 9.22. The summed E-state index contributed by atoms with van der Waals surface area (Å²) < 4.78 is 2.14. The number of fused-ring (bicyclic) bond motifs is 1. The van der Waals surface area contributed by atoms with Crippen LogP contribution in [0.3, 0.4) is 0 Å². The number of H-pyrrole nitrogens is 1. The van der Waals surface area contributed by atoms with Crippen LogP contribution in [-0.4, -0.2) is 36.4 Å². The number of hydrogen-bond donors (Lipinski definition) is 1. The van der Waals surface area contributed by atoms with E-state index in [9.17, 15) is 0 Å². The highest BCUT2D eigenvalue weighted by atomic mass is 15.3. The van der Waals surface area contributed by atoms with Gasteiger partial charge in [-0.2, -0.15) is 5.10 Å². The first-order valence-electron chi connectivity index (χ1n) is 6.78. The Labute approximate surface area is 112 Å². The van der Waals surface area contributed by atoms with Crippen LogP contribution in [0, 0.1) is 6.92 Å². The Balaban J connectivity index is 1.75. The van der Waals surface area contributed by atoms with E-state index in [2.05, 4.69) is 50.6 Å². The van der Waals surface area contributed by atoms with E-state index in [4.69, 9.17) is 0 Å². The van der Waals surface area contributed by atoms with Crippen molar-refractivity contribution < 1.29 is 0 Å². The Morgan fingerprint density at radius 2 is 2.26 bits per heavy atom. The highest BCUT2D eigenvalue weighted by molar-refractivity contribution is 5.26. The zero-order valence-electron chi connectivity index (χ0n) is 11.7. The first kappa shape index (κ1) is 12.3. The van der Waals surface area contributed by atoms with Crippen molar-refractivity contribution in [1.29, 1.82) is 0 Å². The maximum atomic E-state index is 4.35. The van der Waals surface area contributed by atoms with Crippen LogP contribution in [0.1, 0.15) is 42.7 Å². The molecule has 1 aliphatic rings. The van der Waals surface area contributed by atoms with Gasteiger partial charge in [-0.25, -0.2) is 0 Å². The number of aryl methyl sites for hydroxylation is 1. The Bertz CT molecular complexity index is 567. The summed E-state index contributed by atoms with van der Waals surface area (Å²) in [4.78, 5) is 2.41. The van der Waals surface area contributed by atoms with Gasteiger partial charge in [0.1, 0.15) is 12.2 Å². The molecule has 0 bridgehead atoms. The minimum atomic E-state index is 0.404. The minimum absolute atomic E-state index is 0.404. The van der Waals surface area contributed by atoms with Crippen LogP contribution in [-0.2, 0) is 19.5 Å². The fraction of sp³-hybridized carbons (Fsp3) is 0.615. The number of aromatic amines is 1. The van der Waals surface area contributed by atoms with Gasteiger partial charge in [0.15, 0.2) is 0 Å². The van der Waals surface area contributed by atoms with E-state index in [0.29, 0.717) is 6.04 Å². The average molecular weight is 260 g/mol. The summed E-state index contributed by atoms with van der Waals surface area (Å²) >= 11 is 0. The maximum Gasteiger partial charge on any atom is 0.147 e. The Morgan fingerprint density at radius 3 is 3.05 bits per heavy atom. The average Bonchev–Trinajstić information content (AvgIpc) is 2.98. The van der Waals surface area contributed by atoms with Gasteiger partial charge in [0.05, 0.1) is 12.2 Å². The van der Waals surface area contributed by atoms with Crippen LogP contribution in [0.15, 0.2) is 6.33 Å². The van der Waals surface area contributed by atoms with Gasteiger partial charge in [0.2, 0.25) is 0 Å². The number of nitrogens with one attached hydrogen (secondary N) is 1. The molecule has 19 heavy (non-hydrogen) atoms. The third-order valence-electron chi connectivity index (χ3n) is 3.77. The van der Waals surface area contributed by atoms with Gasteiger partial charge in [-0.05, 0) is 20.8 Å². The number of rotatable bonds is 3. The van der Waals surface area contributed by atoms with Crippen LogP contribution in [0.4, 0.5) is 0 Å². The molecular formula is C13H20N6. The maximum absolute atomic E-state index is 4.35. The van der Waals surface area contributed by atoms with E-state index >= 15 is 0 Å². The molecular weight excluding hydrogens is 240 g/mol. The molecule has 0 fully saturated rings. The van der Waals surface area contributed by atoms with E-state index in [0.717, 1.165) is 31.9 Å². The van der Waals surface area contributed by atoms with Gasteiger partial charge >= 0.3 is 0 Å². The van der Waals surface area contributed by atoms with Gasteiger partial charge in [0, 0.05) is 36.8 Å². The molecule has 1 aliphatic heterocycles. The normalized spacial score (nSPS) is 16.0. The third kappa shape index (κ3) is 2.28. The largest absolute Gasteiger partial charge is 0.314 e. The van der Waals surface area contributed by atoms with Crippen LogP contribution in [0.25, 0.3) is 0 Å². The standard InChI is InChI=1S/C13H20N6/c1-9(2)19-8-14-17-13(19)7-18-5-4-12-11(6-18)10(3)15-16-12/h8-9H,4-7H2,1-3H3,(H,15,16). The molecule has 2 aromatic heterocycles. The Hall–Kier alpha value is -1.69. The minimum Gasteiger partial charge on any atom is -0.314 e. The van der Waals surface area contributed by atoms with Crippen molar-refractivity contribution >= 4 is 0 Å². The fourth-order valence-electron chi connectivity index (χ4n) is 2.63. The van der Waals surface area contributed by atoms with E-state index < -0.39 is 0 Å². The highest BCUT2D eigenvalue weighted by Gasteiger charge is 2.22. The number of hydrogen-bond acceptors (Lipinski definition) is 4. The van der Waals surface area contributed by atoms with Gasteiger partial charge in [-0.3, -0.25) is 10.00 Å². The van der Waals surface area contributed by atoms with E-state index in [1.165, 1.54) is 17.0 Å². The van der Waals surface area contributed by atoms with Crippen molar-refractivity contribution in [3.05, 3.63) is 29.1 Å². The van der Waals surface area contributed by atoms with Crippen molar-refractivity contribution in [3.63, 3.8) is 0 Å². The molecule has 0 saturated heterocycles. The molecule has 1 N–H and O–H groups in total. The van der Waals surface area contributed by atoms with Gasteiger partial charge in [-0.15, -0.1) is 10.2 Å². The van der Waals surface area contributed by atoms with Crippen LogP contribution in [0.5, 0.6) is 0 Å². The molecule has 2 aromatic rings. The van der Waals surface area contributed by atoms with E-state index in [1.54, 1.807) is 0 Å². The Morgan fingerprint density at radius 1 is 1.42 bits per heavy atom. The summed E-state index contributed by atoms with van der Waals surface area (Å²) in [5.41, 5.74) is 3.76. The molecule has 102 valence electrons. The summed E-state index contributed by atoms with van der Waals surface area (Å²) in [5.74, 6) is 1.04. The number of nitrogens with zero attached hydrogens (tertiary/aromatic N) is 5. The molecule has 6 heteroatoms. The lowest BCUT2D eigenvalue weighted by Crippen LogP contribution is -2.31. The zero-order chi connectivity index (χ0) is 13.4. The van der Waals surface area contributed by atoms with Crippen LogP contribution >= 0.6 is 0 Å². The van der Waals surface area contributed by atoms with Crippen molar-refractivity contribution in [2.24, 2.45) is 0 Å². The van der Waals surface area contributed by atoms with Crippen LogP contribution in [0.2, 0.25) is 0 Å². The SMILES string of the molecule is Cc1[nH]nc2c1CN(Cc1nncn1C(C)C)CC2. The second kappa shape index (κ2) is 4.77. The molecule has 3 heterocycles. The van der Waals surface area contributed by atoms with Crippen molar-refractivity contribution in [2.75, 3.05) is 6.54 Å². The molecule has 0 amide bonds. The van der Waals surface area contributed by atoms with Crippen molar-refractivity contribution in [1.82, 2.24) is 29.9 Å². The summed E-state index contributed by atoms with van der Waals surface area (Å²) in [5, 5.41) is 15.7. The topological polar surface area (TPSA) is 62.6 Å². The van der Waals surface area contributed by atoms with Crippen molar-refractivity contribution in [2.45, 2.75) is 46.3 Å². The smallest absolute Gasteiger partial charge is 0.147 e. The molecule has 0 aromatic carbocycles. The summed E-state index contributed by atoms with van der Waals surface area (Å²) in [6.07, 6.45) is 2.83. The molecule has 0 unspecified atom stereocenters. The quantitative estimate of drug-likeness (QED) is 0.907. The predicted molar refractivity (Wildman–Crippen MR) is 71.5 cm³/mol. The summed E-state index contributed by atoms with van der Waals surface area (Å²) in [7, 11) is 0. The highest BCUT2D eigenvalue weighted by Crippen LogP contribution is 2.21. The van der Waals surface area contributed by atoms with Gasteiger partial charge in [-0.1, -0.05) is 0 Å². The lowest BCUT2D eigenvalue weighted by Gasteiger charge is -2.26. The summed E-state index contributed by atoms with van der Waals surface area (Å²) in [6, 6.07) is 0.404. The Kier molecular flexibility index (Phi) is 3.10. The van der Waals surface area contributed by atoms with Gasteiger partial charge in [0.25, 0.3) is 0 Å². The molecule has 0 spiro atoms. The van der Waals surface area contributed by atoms with E-state index in [-0.39, 0.29) is 0 Å². The third-order valence-corrected chi connectivity index (χ3v) is 3.77. The van der Waals surface area contributed by atoms with E-state index in [1.807, 2.05) is 6.33 Å². The van der Waals surface area contributed by atoms with Crippen molar-refractivity contribution in [3.8, 4) is 0 Å². The molecule has 0 aliphatic carbocycles. The molecule has 6 nitrogen and oxygen atoms in total. The second-order valence-corrected chi connectivity index (χ2v) is 5.48. The molecule has 0 radical (unpaired) electrons. The molecule has 0 saturated carbocycles. The molecule has 0 atom stereocenters.